The van der Waals surface area contributed by atoms with Crippen molar-refractivity contribution in [3.8, 4) is 0 Å². The molecule has 0 saturated heterocycles. The van der Waals surface area contributed by atoms with E-state index in [-0.39, 0.29) is 0 Å². The van der Waals surface area contributed by atoms with Gasteiger partial charge >= 0.3 is 0 Å². The van der Waals surface area contributed by atoms with Gasteiger partial charge in [-0.15, -0.1) is 11.3 Å². The average Bonchev–Trinajstić information content (AvgIpc) is 2.67. The van der Waals surface area contributed by atoms with E-state index in [0.717, 1.165) is 16.0 Å². The van der Waals surface area contributed by atoms with Gasteiger partial charge in [-0.2, -0.15) is 0 Å². The van der Waals surface area contributed by atoms with Crippen LogP contribution in [0, 0.1) is 0 Å². The number of nitrogens with one attached hydrogen (secondary N) is 1. The highest BCUT2D eigenvalue weighted by molar-refractivity contribution is 9.11. The van der Waals surface area contributed by atoms with Crippen molar-refractivity contribution in [3.63, 3.8) is 0 Å². The molecule has 1 N–H and O–H groups in total. The van der Waals surface area contributed by atoms with Crippen LogP contribution >= 0.6 is 50.5 Å². The minimum Gasteiger partial charge on any atom is -0.379 e. The third-order valence-electron chi connectivity index (χ3n) is 2.03. The molecule has 5 heteroatoms. The monoisotopic (exact) mass is 335 g/mol. The summed E-state index contributed by atoms with van der Waals surface area (Å²) in [7, 11) is 0. The summed E-state index contributed by atoms with van der Waals surface area (Å²) in [5.74, 6) is 0. The molecule has 0 aliphatic heterocycles. The van der Waals surface area contributed by atoms with Gasteiger partial charge in [0.15, 0.2) is 0 Å². The van der Waals surface area contributed by atoms with Gasteiger partial charge in [0.1, 0.15) is 0 Å². The molecule has 1 aromatic carbocycles. The maximum Gasteiger partial charge on any atom is 0.0823 e. The molecule has 1 aromatic heterocycles. The number of hydrogen-bond acceptors (Lipinski definition) is 2. The summed E-state index contributed by atoms with van der Waals surface area (Å²) in [6.07, 6.45) is 0. The van der Waals surface area contributed by atoms with Crippen LogP contribution in [0.5, 0.6) is 0 Å². The van der Waals surface area contributed by atoms with Gasteiger partial charge in [-0.1, -0.05) is 29.3 Å². The van der Waals surface area contributed by atoms with E-state index in [1.165, 1.54) is 4.88 Å². The van der Waals surface area contributed by atoms with Crippen LogP contribution in [0.1, 0.15) is 4.88 Å². The molecule has 84 valence electrons. The lowest BCUT2D eigenvalue weighted by atomic mass is 10.3. The predicted molar refractivity (Wildman–Crippen MR) is 75.8 cm³/mol. The lowest BCUT2D eigenvalue weighted by Gasteiger charge is -2.07. The van der Waals surface area contributed by atoms with Crippen molar-refractivity contribution in [2.24, 2.45) is 0 Å². The fraction of sp³-hybridized carbons (Fsp3) is 0.0909. The van der Waals surface area contributed by atoms with E-state index in [1.54, 1.807) is 17.4 Å². The first-order chi connectivity index (χ1) is 7.66. The van der Waals surface area contributed by atoms with Gasteiger partial charge in [0, 0.05) is 11.4 Å². The lowest BCUT2D eigenvalue weighted by molar-refractivity contribution is 1.19. The largest absolute Gasteiger partial charge is 0.379 e. The predicted octanol–water partition coefficient (Wildman–Crippen LogP) is 5.43. The number of thiophene rings is 1. The number of halogens is 3. The molecule has 0 unspecified atom stereocenters. The van der Waals surface area contributed by atoms with E-state index in [4.69, 9.17) is 23.2 Å². The maximum absolute atomic E-state index is 6.06. The van der Waals surface area contributed by atoms with Crippen molar-refractivity contribution in [1.29, 1.82) is 0 Å². The van der Waals surface area contributed by atoms with Crippen molar-refractivity contribution < 1.29 is 0 Å². The van der Waals surface area contributed by atoms with Crippen LogP contribution in [-0.2, 0) is 6.54 Å². The molecule has 0 radical (unpaired) electrons. The molecular weight excluding hydrogens is 329 g/mol. The highest BCUT2D eigenvalue weighted by Gasteiger charge is 2.04. The lowest BCUT2D eigenvalue weighted by Crippen LogP contribution is -1.97. The number of anilines is 1. The second kappa shape index (κ2) is 5.41. The van der Waals surface area contributed by atoms with Crippen molar-refractivity contribution in [2.75, 3.05) is 5.32 Å². The molecular formula is C11H8BrCl2NS. The van der Waals surface area contributed by atoms with Crippen LogP contribution in [0.15, 0.2) is 34.1 Å². The molecule has 1 heterocycles. The van der Waals surface area contributed by atoms with E-state index in [9.17, 15) is 0 Å². The second-order valence-corrected chi connectivity index (χ2v) is 6.49. The van der Waals surface area contributed by atoms with Gasteiger partial charge in [-0.05, 0) is 40.2 Å². The van der Waals surface area contributed by atoms with Crippen LogP contribution in [0.4, 0.5) is 5.69 Å². The molecule has 0 aliphatic rings. The summed E-state index contributed by atoms with van der Waals surface area (Å²) < 4.78 is 1.13. The smallest absolute Gasteiger partial charge is 0.0823 e. The third kappa shape index (κ3) is 2.92. The van der Waals surface area contributed by atoms with Gasteiger partial charge in [0.2, 0.25) is 0 Å². The molecule has 1 nitrogen and oxygen atoms in total. The van der Waals surface area contributed by atoms with Crippen LogP contribution in [0.2, 0.25) is 10.0 Å². The second-order valence-electron chi connectivity index (χ2n) is 3.16. The Kier molecular flexibility index (Phi) is 4.14. The molecule has 0 amide bonds. The van der Waals surface area contributed by atoms with Crippen molar-refractivity contribution >= 4 is 56.2 Å². The van der Waals surface area contributed by atoms with Crippen LogP contribution in [0.25, 0.3) is 0 Å². The summed E-state index contributed by atoms with van der Waals surface area (Å²) in [6.45, 7) is 0.746. The number of benzene rings is 1. The summed E-state index contributed by atoms with van der Waals surface area (Å²) in [4.78, 5) is 1.24. The standard InChI is InChI=1S/C11H8BrCl2NS/c12-10-5-4-7(16-10)6-15-9-3-1-2-8(13)11(9)14/h1-5,15H,6H2. The first-order valence-corrected chi connectivity index (χ1v) is 6.95. The number of rotatable bonds is 3. The van der Waals surface area contributed by atoms with E-state index in [0.29, 0.717) is 10.0 Å². The molecule has 0 bridgehead atoms. The van der Waals surface area contributed by atoms with Crippen molar-refractivity contribution in [1.82, 2.24) is 0 Å². The highest BCUT2D eigenvalue weighted by Crippen LogP contribution is 2.30. The van der Waals surface area contributed by atoms with E-state index in [2.05, 4.69) is 27.3 Å². The van der Waals surface area contributed by atoms with Gasteiger partial charge in [-0.25, -0.2) is 0 Å². The maximum atomic E-state index is 6.06. The van der Waals surface area contributed by atoms with Gasteiger partial charge in [-0.3, -0.25) is 0 Å². The number of hydrogen-bond donors (Lipinski definition) is 1. The van der Waals surface area contributed by atoms with Crippen molar-refractivity contribution in [3.05, 3.63) is 49.0 Å². The zero-order valence-electron chi connectivity index (χ0n) is 8.14. The molecule has 0 aliphatic carbocycles. The fourth-order valence-corrected chi connectivity index (χ4v) is 3.06. The molecule has 0 fully saturated rings. The normalized spacial score (nSPS) is 10.4. The highest BCUT2D eigenvalue weighted by atomic mass is 79.9. The van der Waals surface area contributed by atoms with Gasteiger partial charge in [0.05, 0.1) is 19.5 Å². The van der Waals surface area contributed by atoms with Crippen LogP contribution < -0.4 is 5.32 Å². The topological polar surface area (TPSA) is 12.0 Å². The molecule has 0 spiro atoms. The summed E-state index contributed by atoms with van der Waals surface area (Å²) in [6, 6.07) is 9.66. The Balaban J connectivity index is 2.07. The van der Waals surface area contributed by atoms with Gasteiger partial charge in [0.25, 0.3) is 0 Å². The zero-order valence-corrected chi connectivity index (χ0v) is 12.1. The van der Waals surface area contributed by atoms with Crippen molar-refractivity contribution in [2.45, 2.75) is 6.54 Å². The summed E-state index contributed by atoms with van der Waals surface area (Å²) >= 11 is 17.1. The summed E-state index contributed by atoms with van der Waals surface area (Å²) in [5, 5.41) is 4.39. The Morgan fingerprint density at radius 3 is 2.69 bits per heavy atom. The van der Waals surface area contributed by atoms with E-state index in [1.807, 2.05) is 18.2 Å². The Hall–Kier alpha value is -0.220. The SMILES string of the molecule is Clc1cccc(NCc2ccc(Br)s2)c1Cl. The van der Waals surface area contributed by atoms with E-state index >= 15 is 0 Å². The van der Waals surface area contributed by atoms with Crippen LogP contribution in [0.3, 0.4) is 0 Å². The molecule has 2 aromatic rings. The Morgan fingerprint density at radius 1 is 1.19 bits per heavy atom. The zero-order chi connectivity index (χ0) is 11.5. The van der Waals surface area contributed by atoms with E-state index < -0.39 is 0 Å². The molecule has 0 saturated carbocycles. The third-order valence-corrected chi connectivity index (χ3v) is 4.48. The fourth-order valence-electron chi connectivity index (χ4n) is 1.27. The first-order valence-electron chi connectivity index (χ1n) is 4.59. The first kappa shape index (κ1) is 12.2. The quantitative estimate of drug-likeness (QED) is 0.788. The molecule has 16 heavy (non-hydrogen) atoms. The average molecular weight is 337 g/mol. The van der Waals surface area contributed by atoms with Gasteiger partial charge < -0.3 is 5.32 Å². The van der Waals surface area contributed by atoms with Crippen LogP contribution in [-0.4, -0.2) is 0 Å². The molecule has 0 atom stereocenters. The minimum absolute atomic E-state index is 0.569. The Labute approximate surface area is 117 Å². The minimum atomic E-state index is 0.569. The molecule has 2 rings (SSSR count). The Bertz CT molecular complexity index is 498. The summed E-state index contributed by atoms with van der Waals surface area (Å²) in [5.41, 5.74) is 0.860. The Morgan fingerprint density at radius 2 is 2.00 bits per heavy atom.